The average molecular weight is 359 g/mol. The number of nitrogens with zero attached hydrogens (tertiary/aromatic N) is 1. The highest BCUT2D eigenvalue weighted by Crippen LogP contribution is 2.75. The number of carbonyl (C=O) groups excluding carboxylic acids is 1. The molecule has 138 valence electrons. The lowest BCUT2D eigenvalue weighted by atomic mass is 10.0. The molecule has 2 fully saturated rings. The molecule has 0 heterocycles. The number of carbonyl (C=O) groups is 1. The summed E-state index contributed by atoms with van der Waals surface area (Å²) in [5, 5.41) is 0. The van der Waals surface area contributed by atoms with E-state index in [0.29, 0.717) is 24.4 Å². The van der Waals surface area contributed by atoms with Crippen molar-refractivity contribution in [1.82, 2.24) is 0 Å². The molecule has 0 aliphatic heterocycles. The van der Waals surface area contributed by atoms with Crippen molar-refractivity contribution in [3.05, 3.63) is 83.9 Å². The lowest BCUT2D eigenvalue weighted by molar-refractivity contribution is -0.144. The van der Waals surface area contributed by atoms with Gasteiger partial charge in [-0.1, -0.05) is 72.8 Å². The van der Waals surface area contributed by atoms with Crippen LogP contribution >= 0.6 is 0 Å². The van der Waals surface area contributed by atoms with Gasteiger partial charge in [0.1, 0.15) is 6.04 Å². The van der Waals surface area contributed by atoms with Gasteiger partial charge >= 0.3 is 5.97 Å². The van der Waals surface area contributed by atoms with E-state index in [4.69, 9.17) is 9.73 Å². The molecule has 2 aliphatic rings. The van der Waals surface area contributed by atoms with Gasteiger partial charge in [-0.25, -0.2) is 4.79 Å². The van der Waals surface area contributed by atoms with Crippen LogP contribution in [-0.2, 0) is 9.53 Å². The summed E-state index contributed by atoms with van der Waals surface area (Å²) in [6.45, 7) is 6.43. The van der Waals surface area contributed by atoms with E-state index in [-0.39, 0.29) is 5.97 Å². The second kappa shape index (κ2) is 7.15. The fourth-order valence-electron chi connectivity index (χ4n) is 4.07. The number of rotatable bonds is 7. The van der Waals surface area contributed by atoms with Crippen LogP contribution in [0.4, 0.5) is 0 Å². The van der Waals surface area contributed by atoms with Gasteiger partial charge in [-0.3, -0.25) is 4.99 Å². The van der Waals surface area contributed by atoms with Gasteiger partial charge in [0.25, 0.3) is 0 Å². The van der Waals surface area contributed by atoms with Gasteiger partial charge in [-0.05, 0) is 37.5 Å². The summed E-state index contributed by atoms with van der Waals surface area (Å²) >= 11 is 0. The first-order valence-corrected chi connectivity index (χ1v) is 9.70. The molecule has 3 nitrogen and oxygen atoms in total. The summed E-state index contributed by atoms with van der Waals surface area (Å²) in [6.07, 6.45) is 3.11. The van der Waals surface area contributed by atoms with Crippen LogP contribution in [0.5, 0.6) is 0 Å². The Morgan fingerprint density at radius 2 is 1.67 bits per heavy atom. The second-order valence-corrected chi connectivity index (χ2v) is 7.45. The molecule has 0 saturated heterocycles. The molecule has 0 bridgehead atoms. The zero-order valence-electron chi connectivity index (χ0n) is 15.7. The molecule has 2 aromatic rings. The summed E-state index contributed by atoms with van der Waals surface area (Å²) in [5.41, 5.74) is 4.47. The monoisotopic (exact) mass is 359 g/mol. The summed E-state index contributed by atoms with van der Waals surface area (Å²) in [7, 11) is 0. The predicted molar refractivity (Wildman–Crippen MR) is 108 cm³/mol. The van der Waals surface area contributed by atoms with Gasteiger partial charge in [-0.2, -0.15) is 0 Å². The summed E-state index contributed by atoms with van der Waals surface area (Å²) in [4.78, 5) is 17.6. The standard InChI is InChI=1S/C24H25NO2/c1-3-27-23(26)21(16-20-17(2)24(20)14-15-24)25-22(18-10-6-4-7-11-18)19-12-8-5-9-13-19/h4-13,20-21H,2-3,14-16H2,1H3. The minimum Gasteiger partial charge on any atom is -0.464 e. The molecule has 1 spiro atoms. The maximum absolute atomic E-state index is 12.7. The van der Waals surface area contributed by atoms with E-state index < -0.39 is 6.04 Å². The molecule has 0 N–H and O–H groups in total. The Morgan fingerprint density at radius 3 is 2.11 bits per heavy atom. The number of allylic oxidation sites excluding steroid dienone is 1. The fraction of sp³-hybridized carbons (Fsp3) is 0.333. The van der Waals surface area contributed by atoms with Crippen LogP contribution < -0.4 is 0 Å². The Balaban J connectivity index is 1.69. The highest BCUT2D eigenvalue weighted by atomic mass is 16.5. The summed E-state index contributed by atoms with van der Waals surface area (Å²) < 4.78 is 5.35. The third-order valence-electron chi connectivity index (χ3n) is 5.83. The van der Waals surface area contributed by atoms with E-state index >= 15 is 0 Å². The lowest BCUT2D eigenvalue weighted by Gasteiger charge is -2.15. The van der Waals surface area contributed by atoms with Crippen molar-refractivity contribution in [3.63, 3.8) is 0 Å². The molecule has 4 rings (SSSR count). The summed E-state index contributed by atoms with van der Waals surface area (Å²) in [6, 6.07) is 19.6. The molecule has 0 radical (unpaired) electrons. The van der Waals surface area contributed by atoms with Gasteiger partial charge in [0, 0.05) is 11.1 Å². The van der Waals surface area contributed by atoms with Crippen molar-refractivity contribution < 1.29 is 9.53 Å². The second-order valence-electron chi connectivity index (χ2n) is 7.45. The van der Waals surface area contributed by atoms with Crippen molar-refractivity contribution in [2.75, 3.05) is 6.61 Å². The Labute approximate surface area is 160 Å². The highest BCUT2D eigenvalue weighted by molar-refractivity contribution is 6.13. The van der Waals surface area contributed by atoms with Gasteiger partial charge < -0.3 is 4.74 Å². The molecule has 2 atom stereocenters. The maximum Gasteiger partial charge on any atom is 0.330 e. The van der Waals surface area contributed by atoms with Crippen molar-refractivity contribution in [3.8, 4) is 0 Å². The van der Waals surface area contributed by atoms with E-state index in [1.54, 1.807) is 0 Å². The summed E-state index contributed by atoms with van der Waals surface area (Å²) in [5.74, 6) is 0.167. The molecule has 27 heavy (non-hydrogen) atoms. The normalized spacial score (nSPS) is 20.0. The van der Waals surface area contributed by atoms with E-state index in [1.165, 1.54) is 18.4 Å². The van der Waals surface area contributed by atoms with Crippen LogP contribution in [0.15, 0.2) is 77.8 Å². The van der Waals surface area contributed by atoms with Crippen molar-refractivity contribution >= 4 is 11.7 Å². The Morgan fingerprint density at radius 1 is 1.11 bits per heavy atom. The molecule has 2 aromatic carbocycles. The van der Waals surface area contributed by atoms with Gasteiger partial charge in [0.2, 0.25) is 0 Å². The zero-order chi connectivity index (χ0) is 18.9. The van der Waals surface area contributed by atoms with E-state index in [1.807, 2.05) is 67.6 Å². The SMILES string of the molecule is C=C1C(CC(N=C(c2ccccc2)c2ccccc2)C(=O)OCC)C12CC2. The molecular formula is C24H25NO2. The lowest BCUT2D eigenvalue weighted by Crippen LogP contribution is -2.25. The van der Waals surface area contributed by atoms with Crippen molar-refractivity contribution in [2.45, 2.75) is 32.2 Å². The van der Waals surface area contributed by atoms with E-state index in [0.717, 1.165) is 16.8 Å². The first kappa shape index (κ1) is 17.7. The largest absolute Gasteiger partial charge is 0.464 e. The number of esters is 1. The van der Waals surface area contributed by atoms with Crippen LogP contribution in [0.1, 0.15) is 37.3 Å². The number of hydrogen-bond donors (Lipinski definition) is 0. The first-order valence-electron chi connectivity index (χ1n) is 9.70. The Bertz CT molecular complexity index is 824. The minimum atomic E-state index is -0.498. The first-order chi connectivity index (χ1) is 13.2. The predicted octanol–water partition coefficient (Wildman–Crippen LogP) is 4.81. The number of ether oxygens (including phenoxy) is 1. The topological polar surface area (TPSA) is 38.7 Å². The fourth-order valence-corrected chi connectivity index (χ4v) is 4.07. The van der Waals surface area contributed by atoms with E-state index in [9.17, 15) is 4.79 Å². The smallest absolute Gasteiger partial charge is 0.330 e. The third kappa shape index (κ3) is 3.46. The van der Waals surface area contributed by atoms with Crippen LogP contribution in [0, 0.1) is 11.3 Å². The molecule has 2 saturated carbocycles. The maximum atomic E-state index is 12.7. The Hall–Kier alpha value is -2.68. The van der Waals surface area contributed by atoms with Crippen molar-refractivity contribution in [2.24, 2.45) is 16.3 Å². The van der Waals surface area contributed by atoms with Crippen LogP contribution in [-0.4, -0.2) is 24.3 Å². The van der Waals surface area contributed by atoms with Crippen LogP contribution in [0.25, 0.3) is 0 Å². The molecule has 2 unspecified atom stereocenters. The van der Waals surface area contributed by atoms with Gasteiger partial charge in [0.05, 0.1) is 12.3 Å². The molecule has 0 amide bonds. The Kier molecular flexibility index (Phi) is 4.69. The van der Waals surface area contributed by atoms with Crippen LogP contribution in [0.2, 0.25) is 0 Å². The zero-order valence-corrected chi connectivity index (χ0v) is 15.7. The molecular weight excluding hydrogens is 334 g/mol. The molecule has 2 aliphatic carbocycles. The van der Waals surface area contributed by atoms with Gasteiger partial charge in [0.15, 0.2) is 0 Å². The quantitative estimate of drug-likeness (QED) is 0.404. The molecule has 0 aromatic heterocycles. The molecule has 3 heteroatoms. The average Bonchev–Trinajstić information content (AvgIpc) is 3.60. The van der Waals surface area contributed by atoms with Crippen LogP contribution in [0.3, 0.4) is 0 Å². The number of benzene rings is 2. The highest BCUT2D eigenvalue weighted by Gasteiger charge is 2.66. The number of hydrogen-bond acceptors (Lipinski definition) is 3. The minimum absolute atomic E-state index is 0.239. The number of aliphatic imine (C=N–C) groups is 1. The van der Waals surface area contributed by atoms with E-state index in [2.05, 4.69) is 6.58 Å². The van der Waals surface area contributed by atoms with Crippen molar-refractivity contribution in [1.29, 1.82) is 0 Å². The van der Waals surface area contributed by atoms with Gasteiger partial charge in [-0.15, -0.1) is 0 Å². The third-order valence-corrected chi connectivity index (χ3v) is 5.83.